The van der Waals surface area contributed by atoms with Gasteiger partial charge in [-0.1, -0.05) is 26.2 Å². The van der Waals surface area contributed by atoms with Gasteiger partial charge >= 0.3 is 0 Å². The van der Waals surface area contributed by atoms with Gasteiger partial charge in [-0.15, -0.1) is 0 Å². The number of nitrogens with zero attached hydrogens (tertiary/aromatic N) is 1. The number of hydrogen-bond acceptors (Lipinski definition) is 3. The lowest BCUT2D eigenvalue weighted by molar-refractivity contribution is 0.274. The summed E-state index contributed by atoms with van der Waals surface area (Å²) in [5, 5.41) is 7.80. The Morgan fingerprint density at radius 2 is 1.80 bits per heavy atom. The van der Waals surface area contributed by atoms with Crippen molar-refractivity contribution in [2.75, 3.05) is 13.1 Å². The van der Waals surface area contributed by atoms with E-state index in [2.05, 4.69) is 11.6 Å². The first kappa shape index (κ1) is 15.7. The number of piperidine rings is 1. The predicted molar refractivity (Wildman–Crippen MR) is 79.8 cm³/mol. The van der Waals surface area contributed by atoms with E-state index in [1.54, 1.807) is 0 Å². The second kappa shape index (κ2) is 5.99. The van der Waals surface area contributed by atoms with Crippen molar-refractivity contribution in [3.8, 4) is 0 Å². The van der Waals surface area contributed by atoms with Crippen LogP contribution in [0.2, 0.25) is 0 Å². The number of nitrogens with two attached hydrogens (primary N) is 1. The van der Waals surface area contributed by atoms with Crippen LogP contribution in [0.1, 0.15) is 51.9 Å². The Morgan fingerprint density at radius 3 is 2.30 bits per heavy atom. The molecule has 1 saturated heterocycles. The summed E-state index contributed by atoms with van der Waals surface area (Å²) in [6.45, 7) is 3.27. The Balaban J connectivity index is 2.11. The van der Waals surface area contributed by atoms with Gasteiger partial charge in [0.15, 0.2) is 0 Å². The van der Waals surface area contributed by atoms with Crippen LogP contribution in [0.3, 0.4) is 0 Å². The van der Waals surface area contributed by atoms with Crippen LogP contribution in [0.25, 0.3) is 0 Å². The number of amidine groups is 1. The lowest BCUT2D eigenvalue weighted by Crippen LogP contribution is -2.61. The molecule has 0 atom stereocenters. The zero-order valence-corrected chi connectivity index (χ0v) is 13.0. The highest BCUT2D eigenvalue weighted by molar-refractivity contribution is 7.87. The van der Waals surface area contributed by atoms with Crippen LogP contribution in [0.15, 0.2) is 0 Å². The summed E-state index contributed by atoms with van der Waals surface area (Å²) in [7, 11) is -3.55. The topological polar surface area (TPSA) is 99.3 Å². The molecule has 6 nitrogen and oxygen atoms in total. The van der Waals surface area contributed by atoms with Gasteiger partial charge in [-0.05, 0) is 31.6 Å². The monoisotopic (exact) mass is 302 g/mol. The van der Waals surface area contributed by atoms with E-state index < -0.39 is 15.7 Å². The summed E-state index contributed by atoms with van der Waals surface area (Å²) >= 11 is 0. The summed E-state index contributed by atoms with van der Waals surface area (Å²) in [6, 6.07) is 0. The molecule has 1 aliphatic carbocycles. The van der Waals surface area contributed by atoms with Gasteiger partial charge in [-0.3, -0.25) is 5.41 Å². The first-order valence-corrected chi connectivity index (χ1v) is 8.93. The highest BCUT2D eigenvalue weighted by Crippen LogP contribution is 2.30. The minimum absolute atomic E-state index is 0.0499. The van der Waals surface area contributed by atoms with E-state index in [0.29, 0.717) is 31.8 Å². The molecule has 116 valence electrons. The number of nitrogens with one attached hydrogen (secondary N) is 2. The normalized spacial score (nSPS) is 25.4. The van der Waals surface area contributed by atoms with Gasteiger partial charge in [0, 0.05) is 13.1 Å². The lowest BCUT2D eigenvalue weighted by Gasteiger charge is -2.39. The van der Waals surface area contributed by atoms with Gasteiger partial charge in [0.2, 0.25) is 0 Å². The number of hydrogen-bond donors (Lipinski definition) is 3. The molecular weight excluding hydrogens is 276 g/mol. The molecule has 0 bridgehead atoms. The van der Waals surface area contributed by atoms with Crippen molar-refractivity contribution in [1.82, 2.24) is 9.03 Å². The standard InChI is InChI=1S/C13H26N4O2S/c1-11-5-9-17(10-6-11)20(18,19)16-13(12(14)15)7-3-2-4-8-13/h11,16H,2-10H2,1H3,(H3,14,15). The first-order chi connectivity index (χ1) is 9.36. The molecule has 0 amide bonds. The van der Waals surface area contributed by atoms with Crippen molar-refractivity contribution in [3.05, 3.63) is 0 Å². The van der Waals surface area contributed by atoms with E-state index >= 15 is 0 Å². The van der Waals surface area contributed by atoms with Crippen LogP contribution < -0.4 is 10.5 Å². The second-order valence-corrected chi connectivity index (χ2v) is 7.92. The summed E-state index contributed by atoms with van der Waals surface area (Å²) < 4.78 is 29.3. The van der Waals surface area contributed by atoms with Crippen molar-refractivity contribution in [2.24, 2.45) is 11.7 Å². The summed E-state index contributed by atoms with van der Waals surface area (Å²) in [5.41, 5.74) is 4.84. The first-order valence-electron chi connectivity index (χ1n) is 7.49. The molecule has 7 heteroatoms. The van der Waals surface area contributed by atoms with Crippen LogP contribution in [-0.4, -0.2) is 37.2 Å². The minimum atomic E-state index is -3.55. The zero-order chi connectivity index (χ0) is 14.8. The summed E-state index contributed by atoms with van der Waals surface area (Å²) in [5.74, 6) is 0.532. The fourth-order valence-electron chi connectivity index (χ4n) is 3.12. The van der Waals surface area contributed by atoms with Gasteiger partial charge in [0.1, 0.15) is 5.84 Å². The fraction of sp³-hybridized carbons (Fsp3) is 0.923. The lowest BCUT2D eigenvalue weighted by atomic mass is 9.82. The van der Waals surface area contributed by atoms with Gasteiger partial charge in [0.25, 0.3) is 10.2 Å². The Hall–Kier alpha value is -0.660. The van der Waals surface area contributed by atoms with Crippen LogP contribution in [-0.2, 0) is 10.2 Å². The molecule has 0 aromatic rings. The Bertz CT molecular complexity index is 449. The molecule has 2 aliphatic rings. The maximum atomic E-state index is 12.5. The highest BCUT2D eigenvalue weighted by Gasteiger charge is 2.41. The molecule has 1 saturated carbocycles. The Labute approximate surface area is 121 Å². The molecule has 2 rings (SSSR count). The van der Waals surface area contributed by atoms with Gasteiger partial charge in [0.05, 0.1) is 5.54 Å². The zero-order valence-electron chi connectivity index (χ0n) is 12.2. The maximum absolute atomic E-state index is 12.5. The molecule has 0 unspecified atom stereocenters. The van der Waals surface area contributed by atoms with E-state index in [0.717, 1.165) is 32.1 Å². The average Bonchev–Trinajstić information content (AvgIpc) is 2.39. The van der Waals surface area contributed by atoms with Crippen LogP contribution >= 0.6 is 0 Å². The molecule has 4 N–H and O–H groups in total. The summed E-state index contributed by atoms with van der Waals surface area (Å²) in [6.07, 6.45) is 5.97. The third kappa shape index (κ3) is 3.32. The molecule has 0 radical (unpaired) electrons. The van der Waals surface area contributed by atoms with Crippen molar-refractivity contribution in [2.45, 2.75) is 57.4 Å². The third-order valence-electron chi connectivity index (χ3n) is 4.63. The molecule has 1 heterocycles. The minimum Gasteiger partial charge on any atom is -0.386 e. The van der Waals surface area contributed by atoms with Crippen LogP contribution in [0.5, 0.6) is 0 Å². The Kier molecular flexibility index (Phi) is 4.71. The third-order valence-corrected chi connectivity index (χ3v) is 6.32. The van der Waals surface area contributed by atoms with Crippen molar-refractivity contribution in [1.29, 1.82) is 5.41 Å². The largest absolute Gasteiger partial charge is 0.386 e. The molecule has 0 aromatic carbocycles. The van der Waals surface area contributed by atoms with Crippen LogP contribution in [0, 0.1) is 11.3 Å². The van der Waals surface area contributed by atoms with E-state index in [4.69, 9.17) is 11.1 Å². The molecule has 20 heavy (non-hydrogen) atoms. The van der Waals surface area contributed by atoms with Crippen molar-refractivity contribution in [3.63, 3.8) is 0 Å². The van der Waals surface area contributed by atoms with Crippen LogP contribution in [0.4, 0.5) is 0 Å². The van der Waals surface area contributed by atoms with Gasteiger partial charge < -0.3 is 5.73 Å². The second-order valence-electron chi connectivity index (χ2n) is 6.25. The van der Waals surface area contributed by atoms with Gasteiger partial charge in [-0.2, -0.15) is 17.4 Å². The number of rotatable bonds is 4. The molecule has 1 aliphatic heterocycles. The van der Waals surface area contributed by atoms with Crippen molar-refractivity contribution >= 4 is 16.0 Å². The molecular formula is C13H26N4O2S. The molecule has 2 fully saturated rings. The van der Waals surface area contributed by atoms with E-state index in [1.807, 2.05) is 0 Å². The van der Waals surface area contributed by atoms with E-state index in [9.17, 15) is 8.42 Å². The quantitative estimate of drug-likeness (QED) is 0.537. The average molecular weight is 302 g/mol. The maximum Gasteiger partial charge on any atom is 0.280 e. The molecule has 0 spiro atoms. The summed E-state index contributed by atoms with van der Waals surface area (Å²) in [4.78, 5) is 0. The molecule has 0 aromatic heterocycles. The predicted octanol–water partition coefficient (Wildman–Crippen LogP) is 1.19. The van der Waals surface area contributed by atoms with Crippen molar-refractivity contribution < 1.29 is 8.42 Å². The SMILES string of the molecule is CC1CCN(S(=O)(=O)NC2(C(=N)N)CCCCC2)CC1. The van der Waals surface area contributed by atoms with E-state index in [1.165, 1.54) is 4.31 Å². The Morgan fingerprint density at radius 1 is 1.25 bits per heavy atom. The smallest absolute Gasteiger partial charge is 0.280 e. The highest BCUT2D eigenvalue weighted by atomic mass is 32.2. The van der Waals surface area contributed by atoms with E-state index in [-0.39, 0.29) is 5.84 Å². The van der Waals surface area contributed by atoms with Gasteiger partial charge in [-0.25, -0.2) is 0 Å². The fourth-order valence-corrected chi connectivity index (χ4v) is 4.75.